The van der Waals surface area contributed by atoms with Crippen LogP contribution in [0.2, 0.25) is 0 Å². The summed E-state index contributed by atoms with van der Waals surface area (Å²) < 4.78 is 56.5. The Morgan fingerprint density at radius 3 is 2.81 bits per heavy atom. The number of nitrogens with zero attached hydrogens (tertiary/aromatic N) is 3. The highest BCUT2D eigenvalue weighted by atomic mass is 32.1. The molecular formula is C20H19F3N4O4S. The van der Waals surface area contributed by atoms with E-state index in [0.29, 0.717) is 42.0 Å². The molecule has 1 fully saturated rings. The molecule has 4 rings (SSSR count). The number of ether oxygens (including phenoxy) is 2. The Bertz CT molecular complexity index is 1090. The van der Waals surface area contributed by atoms with Crippen LogP contribution in [0, 0.1) is 6.92 Å². The van der Waals surface area contributed by atoms with Gasteiger partial charge in [0.25, 0.3) is 5.91 Å². The van der Waals surface area contributed by atoms with Gasteiger partial charge < -0.3 is 13.9 Å². The van der Waals surface area contributed by atoms with Crippen LogP contribution in [0.15, 0.2) is 34.7 Å². The summed E-state index contributed by atoms with van der Waals surface area (Å²) in [6.07, 6.45) is -4.80. The highest BCUT2D eigenvalue weighted by Crippen LogP contribution is 2.31. The van der Waals surface area contributed by atoms with Crippen LogP contribution in [0.3, 0.4) is 0 Å². The molecule has 2 aromatic heterocycles. The molecule has 0 aliphatic carbocycles. The largest absolute Gasteiger partial charge is 0.573 e. The van der Waals surface area contributed by atoms with Crippen molar-refractivity contribution < 1.29 is 31.9 Å². The number of hydrogen-bond acceptors (Lipinski definition) is 8. The molecule has 0 spiro atoms. The molecule has 12 heteroatoms. The van der Waals surface area contributed by atoms with Gasteiger partial charge >= 0.3 is 6.36 Å². The molecule has 0 unspecified atom stereocenters. The Labute approximate surface area is 185 Å². The maximum Gasteiger partial charge on any atom is 0.573 e. The fraction of sp³-hybridized carbons (Fsp3) is 0.350. The zero-order chi connectivity index (χ0) is 22.7. The van der Waals surface area contributed by atoms with Gasteiger partial charge in [0.05, 0.1) is 25.3 Å². The maximum absolute atomic E-state index is 12.7. The molecule has 0 radical (unpaired) electrons. The van der Waals surface area contributed by atoms with Crippen molar-refractivity contribution in [2.45, 2.75) is 19.8 Å². The minimum atomic E-state index is -4.80. The summed E-state index contributed by atoms with van der Waals surface area (Å²) in [4.78, 5) is 19.2. The fourth-order valence-electron chi connectivity index (χ4n) is 3.19. The number of furan rings is 1. The lowest BCUT2D eigenvalue weighted by Crippen LogP contribution is -2.35. The maximum atomic E-state index is 12.7. The van der Waals surface area contributed by atoms with Crippen LogP contribution in [0.5, 0.6) is 5.75 Å². The van der Waals surface area contributed by atoms with E-state index >= 15 is 0 Å². The van der Waals surface area contributed by atoms with E-state index in [-0.39, 0.29) is 17.1 Å². The number of aryl methyl sites for hydroxylation is 1. The van der Waals surface area contributed by atoms with E-state index in [4.69, 9.17) is 9.15 Å². The number of benzene rings is 1. The molecule has 3 aromatic rings. The second-order valence-corrected chi connectivity index (χ2v) is 7.77. The van der Waals surface area contributed by atoms with Crippen molar-refractivity contribution in [1.29, 1.82) is 0 Å². The summed E-state index contributed by atoms with van der Waals surface area (Å²) >= 11 is 1.07. The van der Waals surface area contributed by atoms with Gasteiger partial charge in [0.2, 0.25) is 5.13 Å². The van der Waals surface area contributed by atoms with Gasteiger partial charge in [-0.2, -0.15) is 4.37 Å². The Balaban J connectivity index is 1.44. The van der Waals surface area contributed by atoms with Crippen LogP contribution in [-0.2, 0) is 11.3 Å². The zero-order valence-corrected chi connectivity index (χ0v) is 17.8. The summed E-state index contributed by atoms with van der Waals surface area (Å²) in [6.45, 7) is 5.10. The predicted molar refractivity (Wildman–Crippen MR) is 110 cm³/mol. The number of carbonyl (C=O) groups excluding carboxylic acids is 1. The second kappa shape index (κ2) is 9.27. The number of anilines is 1. The first kappa shape index (κ1) is 22.2. The topological polar surface area (TPSA) is 89.7 Å². The number of aromatic nitrogens is 2. The molecule has 1 aromatic carbocycles. The molecule has 3 heterocycles. The number of hydrogen-bond donors (Lipinski definition) is 1. The fourth-order valence-corrected chi connectivity index (χ4v) is 3.76. The van der Waals surface area contributed by atoms with Crippen LogP contribution in [-0.4, -0.2) is 52.8 Å². The number of amides is 1. The molecule has 32 heavy (non-hydrogen) atoms. The average Bonchev–Trinajstić information content (AvgIpc) is 3.34. The van der Waals surface area contributed by atoms with Gasteiger partial charge in [0.1, 0.15) is 17.3 Å². The van der Waals surface area contributed by atoms with Gasteiger partial charge in [-0.25, -0.2) is 4.98 Å². The Morgan fingerprint density at radius 1 is 1.28 bits per heavy atom. The lowest BCUT2D eigenvalue weighted by molar-refractivity contribution is -0.274. The summed E-state index contributed by atoms with van der Waals surface area (Å²) in [5, 5.41) is 3.04. The molecule has 0 bridgehead atoms. The molecule has 1 aliphatic rings. The van der Waals surface area contributed by atoms with E-state index in [1.54, 1.807) is 13.0 Å². The van der Waals surface area contributed by atoms with E-state index in [9.17, 15) is 18.0 Å². The summed E-state index contributed by atoms with van der Waals surface area (Å²) in [5.41, 5.74) is 0.588. The quantitative estimate of drug-likeness (QED) is 0.583. The van der Waals surface area contributed by atoms with Crippen LogP contribution < -0.4 is 10.1 Å². The molecule has 8 nitrogen and oxygen atoms in total. The molecule has 1 amide bonds. The van der Waals surface area contributed by atoms with Crippen LogP contribution in [0.1, 0.15) is 21.9 Å². The molecule has 0 saturated carbocycles. The normalized spacial score (nSPS) is 15.0. The molecule has 170 valence electrons. The van der Waals surface area contributed by atoms with Crippen molar-refractivity contribution in [3.05, 3.63) is 47.5 Å². The number of halogens is 3. The Morgan fingerprint density at radius 2 is 2.06 bits per heavy atom. The van der Waals surface area contributed by atoms with E-state index in [0.717, 1.165) is 24.6 Å². The minimum Gasteiger partial charge on any atom is -0.461 e. The summed E-state index contributed by atoms with van der Waals surface area (Å²) in [6, 6.07) is 6.81. The van der Waals surface area contributed by atoms with Gasteiger partial charge in [-0.15, -0.1) is 13.2 Å². The molecule has 1 aliphatic heterocycles. The third-order valence-corrected chi connectivity index (χ3v) is 5.34. The lowest BCUT2D eigenvalue weighted by atomic mass is 10.1. The van der Waals surface area contributed by atoms with Gasteiger partial charge in [0.15, 0.2) is 5.82 Å². The standard InChI is InChI=1S/C20H19F3N4O4S/c1-12-15(10-16(30-12)13-3-2-4-14(9-13)31-20(21,22)23)18(28)25-19-24-17(26-32-19)11-27-5-7-29-8-6-27/h2-4,9-10H,5-8,11H2,1H3,(H,24,25,26,28). The third kappa shape index (κ3) is 5.64. The monoisotopic (exact) mass is 468 g/mol. The van der Waals surface area contributed by atoms with Crippen molar-refractivity contribution in [2.24, 2.45) is 0 Å². The minimum absolute atomic E-state index is 0.241. The van der Waals surface area contributed by atoms with E-state index in [1.807, 2.05) is 0 Å². The summed E-state index contributed by atoms with van der Waals surface area (Å²) in [5.74, 6) is 0.340. The van der Waals surface area contributed by atoms with E-state index in [2.05, 4.69) is 24.3 Å². The van der Waals surface area contributed by atoms with Gasteiger partial charge in [-0.05, 0) is 25.1 Å². The van der Waals surface area contributed by atoms with Crippen molar-refractivity contribution in [3.8, 4) is 17.1 Å². The van der Waals surface area contributed by atoms with Crippen molar-refractivity contribution in [2.75, 3.05) is 31.6 Å². The first-order valence-electron chi connectivity index (χ1n) is 9.67. The van der Waals surface area contributed by atoms with Crippen molar-refractivity contribution >= 4 is 22.6 Å². The zero-order valence-electron chi connectivity index (χ0n) is 16.9. The number of carbonyl (C=O) groups is 1. The number of alkyl halides is 3. The lowest BCUT2D eigenvalue weighted by Gasteiger charge is -2.25. The Hall–Kier alpha value is -2.96. The van der Waals surface area contributed by atoms with Crippen LogP contribution in [0.4, 0.5) is 18.3 Å². The highest BCUT2D eigenvalue weighted by Gasteiger charge is 2.31. The highest BCUT2D eigenvalue weighted by molar-refractivity contribution is 7.09. The Kier molecular flexibility index (Phi) is 6.44. The molecular weight excluding hydrogens is 449 g/mol. The predicted octanol–water partition coefficient (Wildman–Crippen LogP) is 4.09. The van der Waals surface area contributed by atoms with Crippen LogP contribution in [0.25, 0.3) is 11.3 Å². The number of nitrogens with one attached hydrogen (secondary N) is 1. The average molecular weight is 468 g/mol. The van der Waals surface area contributed by atoms with E-state index in [1.165, 1.54) is 24.3 Å². The molecule has 1 saturated heterocycles. The molecule has 0 atom stereocenters. The van der Waals surface area contributed by atoms with Gasteiger partial charge in [-0.1, -0.05) is 12.1 Å². The third-order valence-electron chi connectivity index (χ3n) is 4.67. The number of morpholine rings is 1. The first-order chi connectivity index (χ1) is 15.3. The molecule has 1 N–H and O–H groups in total. The smallest absolute Gasteiger partial charge is 0.461 e. The number of rotatable bonds is 6. The van der Waals surface area contributed by atoms with Gasteiger partial charge in [0, 0.05) is 30.2 Å². The SMILES string of the molecule is Cc1oc(-c2cccc(OC(F)(F)F)c2)cc1C(=O)Nc1nc(CN2CCOCC2)ns1. The van der Waals surface area contributed by atoms with Crippen molar-refractivity contribution in [1.82, 2.24) is 14.3 Å². The van der Waals surface area contributed by atoms with E-state index < -0.39 is 12.3 Å². The summed E-state index contributed by atoms with van der Waals surface area (Å²) in [7, 11) is 0. The second-order valence-electron chi connectivity index (χ2n) is 7.01. The van der Waals surface area contributed by atoms with Crippen molar-refractivity contribution in [3.63, 3.8) is 0 Å². The first-order valence-corrected chi connectivity index (χ1v) is 10.4. The van der Waals surface area contributed by atoms with Crippen LogP contribution >= 0.6 is 11.5 Å². The van der Waals surface area contributed by atoms with Gasteiger partial charge in [-0.3, -0.25) is 15.0 Å².